The zero-order chi connectivity index (χ0) is 12.4. The van der Waals surface area contributed by atoms with Crippen molar-refractivity contribution in [3.63, 3.8) is 0 Å². The summed E-state index contributed by atoms with van der Waals surface area (Å²) in [7, 11) is 1.49. The Morgan fingerprint density at radius 2 is 2.12 bits per heavy atom. The van der Waals surface area contributed by atoms with Gasteiger partial charge >= 0.3 is 0 Å². The molecule has 2 rings (SSSR count). The van der Waals surface area contributed by atoms with Crippen molar-refractivity contribution in [2.24, 2.45) is 0 Å². The third-order valence-corrected chi connectivity index (χ3v) is 3.05. The van der Waals surface area contributed by atoms with Gasteiger partial charge in [0.25, 0.3) is 0 Å². The fourth-order valence-corrected chi connectivity index (χ4v) is 2.03. The number of benzene rings is 1. The summed E-state index contributed by atoms with van der Waals surface area (Å²) in [5, 5.41) is -0.629. The molecular weight excluding hydrogens is 243 g/mol. The first kappa shape index (κ1) is 12.0. The summed E-state index contributed by atoms with van der Waals surface area (Å²) >= 11 is 6.20. The van der Waals surface area contributed by atoms with Gasteiger partial charge in [0, 0.05) is 11.6 Å². The van der Waals surface area contributed by atoms with E-state index >= 15 is 0 Å². The van der Waals surface area contributed by atoms with Crippen LogP contribution < -0.4 is 4.74 Å². The van der Waals surface area contributed by atoms with Crippen LogP contribution in [0.15, 0.2) is 34.9 Å². The molecule has 4 heteroatoms. The van der Waals surface area contributed by atoms with E-state index in [0.29, 0.717) is 17.1 Å². The first-order valence-corrected chi connectivity index (χ1v) is 5.58. The summed E-state index contributed by atoms with van der Waals surface area (Å²) in [5.41, 5.74) is 1.28. The van der Waals surface area contributed by atoms with Gasteiger partial charge in [-0.15, -0.1) is 11.6 Å². The molecule has 0 spiro atoms. The average molecular weight is 255 g/mol. The van der Waals surface area contributed by atoms with Crippen molar-refractivity contribution in [2.75, 3.05) is 7.11 Å². The molecule has 0 aliphatic rings. The maximum absolute atomic E-state index is 13.8. The zero-order valence-corrected chi connectivity index (χ0v) is 10.3. The Labute approximate surface area is 104 Å². The Morgan fingerprint density at radius 1 is 1.35 bits per heavy atom. The molecule has 0 saturated heterocycles. The molecule has 0 bridgehead atoms. The van der Waals surface area contributed by atoms with E-state index in [-0.39, 0.29) is 0 Å². The molecule has 0 N–H and O–H groups in total. The number of ether oxygens (including phenoxy) is 1. The second-order valence-corrected chi connectivity index (χ2v) is 4.15. The van der Waals surface area contributed by atoms with Gasteiger partial charge in [0.15, 0.2) is 0 Å². The molecule has 2 aromatic rings. The van der Waals surface area contributed by atoms with Crippen LogP contribution in [0.5, 0.6) is 5.75 Å². The summed E-state index contributed by atoms with van der Waals surface area (Å²) in [4.78, 5) is 0. The van der Waals surface area contributed by atoms with E-state index in [1.807, 2.05) is 6.92 Å². The molecule has 0 amide bonds. The zero-order valence-electron chi connectivity index (χ0n) is 9.54. The number of rotatable bonds is 3. The highest BCUT2D eigenvalue weighted by Crippen LogP contribution is 2.34. The lowest BCUT2D eigenvalue weighted by Gasteiger charge is -2.10. The largest absolute Gasteiger partial charge is 0.497 e. The number of hydrogen-bond donors (Lipinski definition) is 0. The van der Waals surface area contributed by atoms with E-state index < -0.39 is 11.2 Å². The van der Waals surface area contributed by atoms with Crippen molar-refractivity contribution in [3.8, 4) is 5.75 Å². The molecule has 0 aliphatic carbocycles. The molecule has 1 heterocycles. The predicted octanol–water partition coefficient (Wildman–Crippen LogP) is 4.06. The monoisotopic (exact) mass is 254 g/mol. The van der Waals surface area contributed by atoms with Crippen molar-refractivity contribution >= 4 is 11.6 Å². The summed E-state index contributed by atoms with van der Waals surface area (Å²) < 4.78 is 24.0. The molecule has 0 saturated carbocycles. The smallest absolute Gasteiger partial charge is 0.132 e. The van der Waals surface area contributed by atoms with Crippen LogP contribution in [0.25, 0.3) is 0 Å². The molecular formula is C13H12ClFO2. The molecule has 0 fully saturated rings. The lowest BCUT2D eigenvalue weighted by molar-refractivity contribution is 0.410. The average Bonchev–Trinajstić information content (AvgIpc) is 2.74. The van der Waals surface area contributed by atoms with Gasteiger partial charge in [-0.25, -0.2) is 4.39 Å². The van der Waals surface area contributed by atoms with E-state index in [0.717, 1.165) is 5.56 Å². The lowest BCUT2D eigenvalue weighted by atomic mass is 10.1. The van der Waals surface area contributed by atoms with Crippen LogP contribution in [0.4, 0.5) is 4.39 Å². The second kappa shape index (κ2) is 4.80. The minimum Gasteiger partial charge on any atom is -0.497 e. The maximum Gasteiger partial charge on any atom is 0.132 e. The van der Waals surface area contributed by atoms with Crippen LogP contribution in [-0.2, 0) is 0 Å². The molecule has 17 heavy (non-hydrogen) atoms. The Morgan fingerprint density at radius 3 is 2.65 bits per heavy atom. The third-order valence-electron chi connectivity index (χ3n) is 2.61. The number of hydrogen-bond acceptors (Lipinski definition) is 2. The van der Waals surface area contributed by atoms with Crippen LogP contribution >= 0.6 is 11.6 Å². The molecule has 90 valence electrons. The van der Waals surface area contributed by atoms with Gasteiger partial charge in [-0.1, -0.05) is 6.07 Å². The lowest BCUT2D eigenvalue weighted by Crippen LogP contribution is -1.98. The Balaban J connectivity index is 2.38. The fourth-order valence-electron chi connectivity index (χ4n) is 1.63. The summed E-state index contributed by atoms with van der Waals surface area (Å²) in [6, 6.07) is 6.38. The number of methoxy groups -OCH3 is 1. The van der Waals surface area contributed by atoms with Gasteiger partial charge in [0.1, 0.15) is 22.7 Å². The van der Waals surface area contributed by atoms with Gasteiger partial charge in [0.05, 0.1) is 13.4 Å². The van der Waals surface area contributed by atoms with Crippen LogP contribution in [0.1, 0.15) is 22.3 Å². The number of halogens is 2. The normalized spacial score (nSPS) is 12.5. The molecule has 0 aliphatic heterocycles. The Kier molecular flexibility index (Phi) is 3.38. The SMILES string of the molecule is COc1ccc(C(Cl)c2occc2C)c(F)c1. The molecule has 2 nitrogen and oxygen atoms in total. The standard InChI is InChI=1S/C13H12ClFO2/c1-8-5-6-17-13(8)12(14)10-4-3-9(16-2)7-11(10)15/h3-7,12H,1-2H3. The molecule has 1 unspecified atom stereocenters. The van der Waals surface area contributed by atoms with Crippen molar-refractivity contribution in [2.45, 2.75) is 12.3 Å². The number of furan rings is 1. The summed E-state index contributed by atoms with van der Waals surface area (Å²) in [6.45, 7) is 1.87. The van der Waals surface area contributed by atoms with E-state index in [4.69, 9.17) is 20.8 Å². The van der Waals surface area contributed by atoms with Gasteiger partial charge in [0.2, 0.25) is 0 Å². The van der Waals surface area contributed by atoms with Crippen molar-refractivity contribution in [3.05, 3.63) is 53.2 Å². The Hall–Kier alpha value is -1.48. The summed E-state index contributed by atoms with van der Waals surface area (Å²) in [6.07, 6.45) is 1.54. The topological polar surface area (TPSA) is 22.4 Å². The minimum absolute atomic E-state index is 0.380. The minimum atomic E-state index is -0.629. The number of alkyl halides is 1. The van der Waals surface area contributed by atoms with E-state index in [2.05, 4.69) is 0 Å². The quantitative estimate of drug-likeness (QED) is 0.771. The highest BCUT2D eigenvalue weighted by molar-refractivity contribution is 6.22. The van der Waals surface area contributed by atoms with Gasteiger partial charge < -0.3 is 9.15 Å². The van der Waals surface area contributed by atoms with Crippen molar-refractivity contribution in [1.82, 2.24) is 0 Å². The van der Waals surface area contributed by atoms with E-state index in [1.165, 1.54) is 13.2 Å². The van der Waals surface area contributed by atoms with E-state index in [1.54, 1.807) is 24.5 Å². The third kappa shape index (κ3) is 2.29. The molecule has 0 radical (unpaired) electrons. The first-order valence-electron chi connectivity index (χ1n) is 5.15. The maximum atomic E-state index is 13.8. The molecule has 1 aromatic heterocycles. The van der Waals surface area contributed by atoms with Crippen LogP contribution in [0.2, 0.25) is 0 Å². The van der Waals surface area contributed by atoms with Crippen molar-refractivity contribution in [1.29, 1.82) is 0 Å². The molecule has 1 aromatic carbocycles. The Bertz CT molecular complexity index is 522. The fraction of sp³-hybridized carbons (Fsp3) is 0.231. The van der Waals surface area contributed by atoms with Crippen LogP contribution in [-0.4, -0.2) is 7.11 Å². The number of aryl methyl sites for hydroxylation is 1. The van der Waals surface area contributed by atoms with Gasteiger partial charge in [-0.2, -0.15) is 0 Å². The summed E-state index contributed by atoms with van der Waals surface area (Å²) in [5.74, 6) is 0.627. The van der Waals surface area contributed by atoms with E-state index in [9.17, 15) is 4.39 Å². The first-order chi connectivity index (χ1) is 8.13. The van der Waals surface area contributed by atoms with Crippen molar-refractivity contribution < 1.29 is 13.5 Å². The van der Waals surface area contributed by atoms with Gasteiger partial charge in [-0.3, -0.25) is 0 Å². The van der Waals surface area contributed by atoms with Crippen LogP contribution in [0.3, 0.4) is 0 Å². The second-order valence-electron chi connectivity index (χ2n) is 3.72. The van der Waals surface area contributed by atoms with Gasteiger partial charge in [-0.05, 0) is 24.6 Å². The van der Waals surface area contributed by atoms with Crippen LogP contribution in [0, 0.1) is 12.7 Å². The highest BCUT2D eigenvalue weighted by Gasteiger charge is 2.20. The molecule has 1 atom stereocenters. The predicted molar refractivity (Wildman–Crippen MR) is 64.1 cm³/mol. The highest BCUT2D eigenvalue weighted by atomic mass is 35.5.